The minimum absolute atomic E-state index is 0.0129. The number of aromatic nitrogens is 4. The molecule has 15 nitrogen and oxygen atoms in total. The number of benzene rings is 3. The van der Waals surface area contributed by atoms with E-state index < -0.39 is 12.2 Å². The van der Waals surface area contributed by atoms with E-state index in [0.29, 0.717) is 18.3 Å². The van der Waals surface area contributed by atoms with Crippen molar-refractivity contribution in [2.24, 2.45) is 0 Å². The molecule has 4 N–H and O–H groups in total. The van der Waals surface area contributed by atoms with Gasteiger partial charge in [-0.25, -0.2) is 19.6 Å². The minimum atomic E-state index is -0.662. The summed E-state index contributed by atoms with van der Waals surface area (Å²) >= 11 is 0. The van der Waals surface area contributed by atoms with Crippen molar-refractivity contribution in [1.82, 2.24) is 40.4 Å². The van der Waals surface area contributed by atoms with Crippen molar-refractivity contribution in [3.05, 3.63) is 65.9 Å². The number of hydrogen-bond donors (Lipinski definition) is 4. The van der Waals surface area contributed by atoms with Crippen LogP contribution in [0.25, 0.3) is 44.2 Å². The second kappa shape index (κ2) is 17.1. The lowest BCUT2D eigenvalue weighted by Gasteiger charge is -2.33. The van der Waals surface area contributed by atoms with E-state index in [9.17, 15) is 19.2 Å². The molecule has 3 aromatic carbocycles. The number of nitrogens with one attached hydrogen (secondary N) is 4. The molecule has 0 saturated heterocycles. The number of alkyl carbamates (subject to hydrolysis) is 2. The van der Waals surface area contributed by atoms with Crippen molar-refractivity contribution in [2.45, 2.75) is 85.2 Å². The lowest BCUT2D eigenvalue weighted by Crippen LogP contribution is -2.45. The van der Waals surface area contributed by atoms with Crippen LogP contribution >= 0.6 is 0 Å². The molecule has 1 aliphatic heterocycles. The van der Waals surface area contributed by atoms with Crippen LogP contribution in [0.15, 0.2) is 48.7 Å². The van der Waals surface area contributed by atoms with Gasteiger partial charge in [-0.3, -0.25) is 9.59 Å². The summed E-state index contributed by atoms with van der Waals surface area (Å²) in [6, 6.07) is 14.0. The Morgan fingerprint density at radius 1 is 0.875 bits per heavy atom. The second-order valence-corrected chi connectivity index (χ2v) is 14.0. The molecular weight excluding hydrogens is 716 g/mol. The molecule has 0 radical (unpaired) electrons. The quantitative estimate of drug-likeness (QED) is 0.0970. The van der Waals surface area contributed by atoms with Gasteiger partial charge in [0.1, 0.15) is 37.1 Å². The SMILES string of the molecule is CCC(CC)N(Cc1ncc(-c2ccc3c(c2)COc2cc4c(ccc5[nH]c(C(C)N(C(=O)CNC(=O)OC)[C@@H](C)CC)nc54)cc2-3)[nH]1)C(=O)CNC(=O)OC. The average molecular weight is 767 g/mol. The third kappa shape index (κ3) is 8.11. The number of carbonyl (C=O) groups is 4. The molecule has 0 aliphatic carbocycles. The fraction of sp³-hybridized carbons (Fsp3) is 0.415. The zero-order valence-electron chi connectivity index (χ0n) is 32.9. The smallest absolute Gasteiger partial charge is 0.407 e. The van der Waals surface area contributed by atoms with Crippen LogP contribution in [0, 0.1) is 0 Å². The van der Waals surface area contributed by atoms with E-state index in [-0.39, 0.29) is 49.6 Å². The summed E-state index contributed by atoms with van der Waals surface area (Å²) in [5.41, 5.74) is 6.45. The van der Waals surface area contributed by atoms with Gasteiger partial charge < -0.3 is 44.6 Å². The average Bonchev–Trinajstić information content (AvgIpc) is 3.89. The Labute approximate surface area is 325 Å². The Hall–Kier alpha value is -6.12. The van der Waals surface area contributed by atoms with Gasteiger partial charge in [0.15, 0.2) is 0 Å². The van der Waals surface area contributed by atoms with Crippen molar-refractivity contribution in [3.8, 4) is 28.1 Å². The maximum absolute atomic E-state index is 13.3. The Bertz CT molecular complexity index is 2240. The van der Waals surface area contributed by atoms with Gasteiger partial charge in [0.2, 0.25) is 11.8 Å². The Kier molecular flexibility index (Phi) is 12.1. The number of nitrogens with zero attached hydrogens (tertiary/aromatic N) is 4. The normalized spacial score (nSPS) is 13.0. The first-order valence-corrected chi connectivity index (χ1v) is 19.0. The number of amides is 4. The third-order valence-electron chi connectivity index (χ3n) is 10.6. The molecule has 56 heavy (non-hydrogen) atoms. The third-order valence-corrected chi connectivity index (χ3v) is 10.6. The molecule has 0 saturated carbocycles. The number of ether oxygens (including phenoxy) is 3. The molecule has 15 heteroatoms. The summed E-state index contributed by atoms with van der Waals surface area (Å²) in [4.78, 5) is 69.6. The van der Waals surface area contributed by atoms with Crippen molar-refractivity contribution >= 4 is 45.8 Å². The minimum Gasteiger partial charge on any atom is -0.488 e. The van der Waals surface area contributed by atoms with Gasteiger partial charge >= 0.3 is 12.2 Å². The molecule has 0 spiro atoms. The van der Waals surface area contributed by atoms with E-state index >= 15 is 0 Å². The molecule has 3 heterocycles. The maximum atomic E-state index is 13.3. The predicted molar refractivity (Wildman–Crippen MR) is 212 cm³/mol. The molecule has 6 rings (SSSR count). The monoisotopic (exact) mass is 766 g/mol. The Morgan fingerprint density at radius 2 is 1.59 bits per heavy atom. The number of methoxy groups -OCH3 is 2. The summed E-state index contributed by atoms with van der Waals surface area (Å²) in [5, 5.41) is 6.91. The highest BCUT2D eigenvalue weighted by atomic mass is 16.5. The molecule has 1 unspecified atom stereocenters. The summed E-state index contributed by atoms with van der Waals surface area (Å²) in [5.74, 6) is 1.59. The first kappa shape index (κ1) is 39.6. The standard InChI is InChI=1S/C41H50N8O7/c1-8-23(4)49(37(51)20-44-41(53)55-7)24(5)39-46-32-14-12-25-16-31-29-13-11-26(15-27(29)22-56-34(31)17-30(25)38(32)47-39)33-18-42-35(45-33)21-48(28(9-2)10-3)36(50)19-43-40(52)54-6/h11-18,23-24,28H,8-10,19-22H2,1-7H3,(H,42,45)(H,43,52)(H,44,53)(H,46,47)/t23-,24?/m0/s1. The summed E-state index contributed by atoms with van der Waals surface area (Å²) in [7, 11) is 2.52. The number of rotatable bonds is 14. The van der Waals surface area contributed by atoms with Crippen molar-refractivity contribution < 1.29 is 33.4 Å². The fourth-order valence-corrected chi connectivity index (χ4v) is 7.38. The van der Waals surface area contributed by atoms with E-state index in [1.165, 1.54) is 14.2 Å². The molecular formula is C41H50N8O7. The molecule has 4 amide bonds. The molecule has 1 aliphatic rings. The summed E-state index contributed by atoms with van der Waals surface area (Å²) in [6.45, 7) is 10.3. The van der Waals surface area contributed by atoms with Crippen molar-refractivity contribution in [1.29, 1.82) is 0 Å². The highest BCUT2D eigenvalue weighted by molar-refractivity contribution is 6.07. The van der Waals surface area contributed by atoms with E-state index in [1.54, 1.807) is 16.0 Å². The van der Waals surface area contributed by atoms with Crippen LogP contribution in [0.1, 0.15) is 77.1 Å². The van der Waals surface area contributed by atoms with Gasteiger partial charge in [0.05, 0.1) is 49.7 Å². The van der Waals surface area contributed by atoms with Gasteiger partial charge in [-0.1, -0.05) is 39.0 Å². The summed E-state index contributed by atoms with van der Waals surface area (Å²) in [6.07, 6.45) is 2.71. The molecule has 2 aromatic heterocycles. The number of imidazole rings is 2. The zero-order chi connectivity index (χ0) is 40.1. The van der Waals surface area contributed by atoms with Crippen molar-refractivity contribution in [2.75, 3.05) is 27.3 Å². The molecule has 296 valence electrons. The van der Waals surface area contributed by atoms with Crippen LogP contribution in [-0.4, -0.2) is 93.1 Å². The van der Waals surface area contributed by atoms with Gasteiger partial charge in [-0.05, 0) is 79.5 Å². The van der Waals surface area contributed by atoms with Crippen LogP contribution < -0.4 is 15.4 Å². The van der Waals surface area contributed by atoms with Gasteiger partial charge in [-0.2, -0.15) is 0 Å². The maximum Gasteiger partial charge on any atom is 0.407 e. The molecule has 5 aromatic rings. The van der Waals surface area contributed by atoms with Crippen LogP contribution in [-0.2, 0) is 32.2 Å². The number of hydrogen-bond acceptors (Lipinski definition) is 9. The number of aromatic amines is 2. The molecule has 0 fully saturated rings. The summed E-state index contributed by atoms with van der Waals surface area (Å²) < 4.78 is 15.6. The van der Waals surface area contributed by atoms with E-state index in [2.05, 4.69) is 65.4 Å². The van der Waals surface area contributed by atoms with Crippen LogP contribution in [0.4, 0.5) is 9.59 Å². The number of H-pyrrole nitrogens is 2. The first-order valence-electron chi connectivity index (χ1n) is 19.0. The van der Waals surface area contributed by atoms with Gasteiger partial charge in [-0.15, -0.1) is 0 Å². The largest absolute Gasteiger partial charge is 0.488 e. The Morgan fingerprint density at radius 3 is 2.27 bits per heavy atom. The fourth-order valence-electron chi connectivity index (χ4n) is 7.38. The highest BCUT2D eigenvalue weighted by Gasteiger charge is 2.29. The lowest BCUT2D eigenvalue weighted by molar-refractivity contribution is -0.135. The Balaban J connectivity index is 1.24. The van der Waals surface area contributed by atoms with Crippen LogP contribution in [0.3, 0.4) is 0 Å². The number of fused-ring (bicyclic) bond motifs is 6. The number of carbonyl (C=O) groups excluding carboxylic acids is 4. The first-order chi connectivity index (χ1) is 27.0. The highest BCUT2D eigenvalue weighted by Crippen LogP contribution is 2.42. The predicted octanol–water partition coefficient (Wildman–Crippen LogP) is 6.58. The van der Waals surface area contributed by atoms with Crippen LogP contribution in [0.2, 0.25) is 0 Å². The van der Waals surface area contributed by atoms with E-state index in [0.717, 1.165) is 74.8 Å². The van der Waals surface area contributed by atoms with E-state index in [1.807, 2.05) is 46.8 Å². The van der Waals surface area contributed by atoms with Crippen molar-refractivity contribution in [3.63, 3.8) is 0 Å². The van der Waals surface area contributed by atoms with Crippen LogP contribution in [0.5, 0.6) is 5.75 Å². The zero-order valence-corrected chi connectivity index (χ0v) is 32.9. The molecule has 2 atom stereocenters. The van der Waals surface area contributed by atoms with Gasteiger partial charge in [0, 0.05) is 23.0 Å². The second-order valence-electron chi connectivity index (χ2n) is 14.0. The topological polar surface area (TPSA) is 184 Å². The van der Waals surface area contributed by atoms with E-state index in [4.69, 9.17) is 9.72 Å². The molecule has 0 bridgehead atoms. The lowest BCUT2D eigenvalue weighted by atomic mass is 9.92. The van der Waals surface area contributed by atoms with Gasteiger partial charge in [0.25, 0.3) is 0 Å².